The Morgan fingerprint density at radius 3 is 2.68 bits per heavy atom. The molecule has 25 heavy (non-hydrogen) atoms. The third kappa shape index (κ3) is 3.14. The van der Waals surface area contributed by atoms with E-state index in [1.807, 2.05) is 0 Å². The molecule has 4 nitrogen and oxygen atoms in total. The zero-order valence-electron chi connectivity index (χ0n) is 13.8. The minimum Gasteiger partial charge on any atom is -0.357 e. The highest BCUT2D eigenvalue weighted by Gasteiger charge is 2.28. The van der Waals surface area contributed by atoms with Gasteiger partial charge in [0.05, 0.1) is 10.9 Å². The number of nitrogens with one attached hydrogen (secondary N) is 2. The molecule has 0 saturated carbocycles. The molecular formula is C19H19BrN2O2S. The quantitative estimate of drug-likeness (QED) is 0.652. The molecule has 3 aromatic rings. The van der Waals surface area contributed by atoms with Gasteiger partial charge in [-0.05, 0) is 68.1 Å². The van der Waals surface area contributed by atoms with E-state index in [1.165, 1.54) is 16.5 Å². The molecule has 0 saturated heterocycles. The van der Waals surface area contributed by atoms with Crippen LogP contribution in [0, 0.1) is 6.92 Å². The van der Waals surface area contributed by atoms with Crippen molar-refractivity contribution in [3.63, 3.8) is 0 Å². The molecule has 130 valence electrons. The van der Waals surface area contributed by atoms with Crippen LogP contribution >= 0.6 is 15.9 Å². The molecule has 1 heterocycles. The molecule has 0 radical (unpaired) electrons. The maximum Gasteiger partial charge on any atom is 0.241 e. The molecule has 1 atom stereocenters. The fourth-order valence-corrected chi connectivity index (χ4v) is 5.07. The van der Waals surface area contributed by atoms with Crippen LogP contribution in [-0.4, -0.2) is 13.4 Å². The standard InChI is InChI=1S/C19H19BrN2O2S/c1-12-5-10-17-16(11-12)15-3-2-4-18(19(15)21-17)22-25(23,24)14-8-6-13(20)7-9-14/h5-11,18,21-22H,2-4H2,1H3. The molecule has 1 aliphatic rings. The van der Waals surface area contributed by atoms with Crippen molar-refractivity contribution in [2.45, 2.75) is 37.1 Å². The molecule has 0 amide bonds. The van der Waals surface area contributed by atoms with Gasteiger partial charge in [0.25, 0.3) is 0 Å². The zero-order chi connectivity index (χ0) is 17.6. The zero-order valence-corrected chi connectivity index (χ0v) is 16.2. The maximum absolute atomic E-state index is 12.8. The highest BCUT2D eigenvalue weighted by Crippen LogP contribution is 2.36. The second kappa shape index (κ2) is 6.27. The molecule has 0 fully saturated rings. The molecule has 0 bridgehead atoms. The summed E-state index contributed by atoms with van der Waals surface area (Å²) in [6.45, 7) is 2.08. The van der Waals surface area contributed by atoms with Crippen LogP contribution in [0.1, 0.15) is 35.7 Å². The number of sulfonamides is 1. The van der Waals surface area contributed by atoms with Gasteiger partial charge in [0, 0.05) is 21.1 Å². The SMILES string of the molecule is Cc1ccc2[nH]c3c(c2c1)CCCC3NS(=O)(=O)c1ccc(Br)cc1. The van der Waals surface area contributed by atoms with Crippen molar-refractivity contribution >= 4 is 36.9 Å². The summed E-state index contributed by atoms with van der Waals surface area (Å²) >= 11 is 3.34. The van der Waals surface area contributed by atoms with Crippen molar-refractivity contribution in [3.05, 3.63) is 63.8 Å². The molecular weight excluding hydrogens is 400 g/mol. The third-order valence-electron chi connectivity index (χ3n) is 4.78. The maximum atomic E-state index is 12.8. The Bertz CT molecular complexity index is 1040. The summed E-state index contributed by atoms with van der Waals surface area (Å²) in [6, 6.07) is 12.8. The molecule has 1 unspecified atom stereocenters. The highest BCUT2D eigenvalue weighted by molar-refractivity contribution is 9.10. The summed E-state index contributed by atoms with van der Waals surface area (Å²) < 4.78 is 29.2. The van der Waals surface area contributed by atoms with E-state index in [0.717, 1.165) is 34.9 Å². The van der Waals surface area contributed by atoms with E-state index in [4.69, 9.17) is 0 Å². The highest BCUT2D eigenvalue weighted by atomic mass is 79.9. The normalized spacial score (nSPS) is 17.6. The number of aryl methyl sites for hydroxylation is 2. The first-order valence-corrected chi connectivity index (χ1v) is 10.6. The Morgan fingerprint density at radius 2 is 1.92 bits per heavy atom. The van der Waals surface area contributed by atoms with Crippen LogP contribution in [0.2, 0.25) is 0 Å². The smallest absolute Gasteiger partial charge is 0.241 e. The van der Waals surface area contributed by atoms with E-state index in [2.05, 4.69) is 50.8 Å². The van der Waals surface area contributed by atoms with Crippen LogP contribution in [0.5, 0.6) is 0 Å². The van der Waals surface area contributed by atoms with Gasteiger partial charge in [0.1, 0.15) is 0 Å². The van der Waals surface area contributed by atoms with E-state index in [0.29, 0.717) is 0 Å². The Labute approximate surface area is 155 Å². The van der Waals surface area contributed by atoms with Crippen LogP contribution in [0.4, 0.5) is 0 Å². The number of fused-ring (bicyclic) bond motifs is 3. The molecule has 1 aliphatic carbocycles. The number of rotatable bonds is 3. The van der Waals surface area contributed by atoms with Crippen molar-refractivity contribution in [3.8, 4) is 0 Å². The topological polar surface area (TPSA) is 62.0 Å². The van der Waals surface area contributed by atoms with Gasteiger partial charge in [-0.15, -0.1) is 0 Å². The molecule has 2 N–H and O–H groups in total. The number of halogens is 1. The van der Waals surface area contributed by atoms with E-state index < -0.39 is 10.0 Å². The molecule has 2 aromatic carbocycles. The van der Waals surface area contributed by atoms with Crippen molar-refractivity contribution < 1.29 is 8.42 Å². The second-order valence-corrected chi connectivity index (χ2v) is 9.22. The van der Waals surface area contributed by atoms with Gasteiger partial charge < -0.3 is 4.98 Å². The first-order valence-electron chi connectivity index (χ1n) is 8.33. The van der Waals surface area contributed by atoms with Crippen LogP contribution in [0.3, 0.4) is 0 Å². The summed E-state index contributed by atoms with van der Waals surface area (Å²) in [5, 5.41) is 1.21. The molecule has 4 rings (SSSR count). The predicted molar refractivity (Wildman–Crippen MR) is 103 cm³/mol. The van der Waals surface area contributed by atoms with Crippen LogP contribution in [0.25, 0.3) is 10.9 Å². The molecule has 0 spiro atoms. The summed E-state index contributed by atoms with van der Waals surface area (Å²) in [6.07, 6.45) is 2.76. The summed E-state index contributed by atoms with van der Waals surface area (Å²) in [7, 11) is -3.56. The van der Waals surface area contributed by atoms with E-state index in [-0.39, 0.29) is 10.9 Å². The Balaban J connectivity index is 1.71. The Kier molecular flexibility index (Phi) is 4.22. The lowest BCUT2D eigenvalue weighted by Crippen LogP contribution is -2.31. The van der Waals surface area contributed by atoms with Crippen molar-refractivity contribution in [1.82, 2.24) is 9.71 Å². The van der Waals surface area contributed by atoms with E-state index in [1.54, 1.807) is 24.3 Å². The molecule has 0 aliphatic heterocycles. The lowest BCUT2D eigenvalue weighted by atomic mass is 9.92. The van der Waals surface area contributed by atoms with Gasteiger partial charge in [0.2, 0.25) is 10.0 Å². The second-order valence-electron chi connectivity index (χ2n) is 6.59. The van der Waals surface area contributed by atoms with Crippen molar-refractivity contribution in [1.29, 1.82) is 0 Å². The number of H-pyrrole nitrogens is 1. The lowest BCUT2D eigenvalue weighted by molar-refractivity contribution is 0.501. The van der Waals surface area contributed by atoms with E-state index >= 15 is 0 Å². The fourth-order valence-electron chi connectivity index (χ4n) is 3.56. The predicted octanol–water partition coefficient (Wildman–Crippen LogP) is 4.59. The fraction of sp³-hybridized carbons (Fsp3) is 0.263. The Hall–Kier alpha value is -1.63. The largest absolute Gasteiger partial charge is 0.357 e. The van der Waals surface area contributed by atoms with Gasteiger partial charge in [-0.2, -0.15) is 0 Å². The first kappa shape index (κ1) is 16.8. The van der Waals surface area contributed by atoms with Crippen LogP contribution in [-0.2, 0) is 16.4 Å². The average Bonchev–Trinajstić information content (AvgIpc) is 2.94. The third-order valence-corrected chi connectivity index (χ3v) is 6.80. The van der Waals surface area contributed by atoms with Crippen LogP contribution in [0.15, 0.2) is 51.8 Å². The van der Waals surface area contributed by atoms with E-state index in [9.17, 15) is 8.42 Å². The summed E-state index contributed by atoms with van der Waals surface area (Å²) in [5.41, 5.74) is 4.54. The molecule has 6 heteroatoms. The first-order chi connectivity index (χ1) is 11.9. The monoisotopic (exact) mass is 418 g/mol. The van der Waals surface area contributed by atoms with Gasteiger partial charge >= 0.3 is 0 Å². The summed E-state index contributed by atoms with van der Waals surface area (Å²) in [5.74, 6) is 0. The van der Waals surface area contributed by atoms with Crippen molar-refractivity contribution in [2.24, 2.45) is 0 Å². The van der Waals surface area contributed by atoms with Gasteiger partial charge in [0.15, 0.2) is 0 Å². The number of hydrogen-bond acceptors (Lipinski definition) is 2. The molecule has 1 aromatic heterocycles. The van der Waals surface area contributed by atoms with Gasteiger partial charge in [-0.3, -0.25) is 0 Å². The summed E-state index contributed by atoms with van der Waals surface area (Å²) in [4.78, 5) is 3.73. The van der Waals surface area contributed by atoms with Gasteiger partial charge in [-0.25, -0.2) is 13.1 Å². The number of aromatic nitrogens is 1. The number of hydrogen-bond donors (Lipinski definition) is 2. The lowest BCUT2D eigenvalue weighted by Gasteiger charge is -2.23. The Morgan fingerprint density at radius 1 is 1.16 bits per heavy atom. The van der Waals surface area contributed by atoms with Crippen LogP contribution < -0.4 is 4.72 Å². The average molecular weight is 419 g/mol. The minimum atomic E-state index is -3.56. The van der Waals surface area contributed by atoms with Crippen molar-refractivity contribution in [2.75, 3.05) is 0 Å². The number of benzene rings is 2. The number of aromatic amines is 1. The minimum absolute atomic E-state index is 0.217. The van der Waals surface area contributed by atoms with Gasteiger partial charge in [-0.1, -0.05) is 27.6 Å².